The van der Waals surface area contributed by atoms with Crippen molar-refractivity contribution < 1.29 is 53.4 Å². The third kappa shape index (κ3) is 11.6. The summed E-state index contributed by atoms with van der Waals surface area (Å²) in [6.07, 6.45) is -2.11. The molecule has 0 aromatic rings. The summed E-state index contributed by atoms with van der Waals surface area (Å²) >= 11 is 0. The maximum atomic E-state index is 11.6. The number of methoxy groups -OCH3 is 5. The number of carbonyl (C=O) groups excluding carboxylic acids is 2. The van der Waals surface area contributed by atoms with Crippen molar-refractivity contribution >= 4 is 17.9 Å². The van der Waals surface area contributed by atoms with Gasteiger partial charge in [-0.1, -0.05) is 0 Å². The maximum Gasteiger partial charge on any atom is 0.319 e. The number of nitrogens with one attached hydrogen (secondary N) is 3. The lowest BCUT2D eigenvalue weighted by Crippen LogP contribution is -2.75. The number of carbonyl (C=O) groups is 3. The molecule has 1 aliphatic rings. The molecule has 35 heavy (non-hydrogen) atoms. The van der Waals surface area contributed by atoms with Gasteiger partial charge in [-0.3, -0.25) is 25.0 Å². The van der Waals surface area contributed by atoms with E-state index in [-0.39, 0.29) is 38.3 Å². The lowest BCUT2D eigenvalue weighted by Gasteiger charge is -2.50. The molecule has 0 aliphatic heterocycles. The molecule has 14 nitrogen and oxygen atoms in total. The van der Waals surface area contributed by atoms with Gasteiger partial charge in [0.05, 0.1) is 70.4 Å². The highest BCUT2D eigenvalue weighted by Crippen LogP contribution is 2.26. The fourth-order valence-electron chi connectivity index (χ4n) is 3.82. The molecule has 0 spiro atoms. The minimum atomic E-state index is -1.08. The summed E-state index contributed by atoms with van der Waals surface area (Å²) in [4.78, 5) is 32.3. The van der Waals surface area contributed by atoms with Crippen LogP contribution < -0.4 is 16.0 Å². The van der Waals surface area contributed by atoms with Crippen LogP contribution in [-0.4, -0.2) is 138 Å². The molecule has 206 valence electrons. The number of aliphatic hydroxyl groups is 2. The van der Waals surface area contributed by atoms with Crippen LogP contribution in [-0.2, 0) is 38.1 Å². The number of hydrogen-bond acceptors (Lipinski definition) is 13. The normalized spacial score (nSPS) is 26.7. The van der Waals surface area contributed by atoms with Gasteiger partial charge in [0.25, 0.3) is 0 Å². The number of rotatable bonds is 14. The third-order valence-electron chi connectivity index (χ3n) is 5.46. The molecule has 0 radical (unpaired) electrons. The molecule has 0 saturated heterocycles. The first-order chi connectivity index (χ1) is 16.6. The van der Waals surface area contributed by atoms with Gasteiger partial charge >= 0.3 is 17.9 Å². The van der Waals surface area contributed by atoms with E-state index in [9.17, 15) is 24.6 Å². The van der Waals surface area contributed by atoms with E-state index < -0.39 is 48.4 Å². The van der Waals surface area contributed by atoms with Crippen LogP contribution in [0.4, 0.5) is 0 Å². The smallest absolute Gasteiger partial charge is 0.319 e. The van der Waals surface area contributed by atoms with Gasteiger partial charge < -0.3 is 44.3 Å². The molecule has 7 atom stereocenters. The molecule has 1 rings (SSSR count). The highest BCUT2D eigenvalue weighted by Gasteiger charge is 2.51. The van der Waals surface area contributed by atoms with Crippen molar-refractivity contribution in [3.63, 3.8) is 0 Å². The van der Waals surface area contributed by atoms with E-state index in [0.29, 0.717) is 6.42 Å². The molecular formula is C21H41N3O11. The van der Waals surface area contributed by atoms with Crippen molar-refractivity contribution in [2.24, 2.45) is 0 Å². The van der Waals surface area contributed by atoms with Crippen LogP contribution in [0.1, 0.15) is 13.3 Å². The summed E-state index contributed by atoms with van der Waals surface area (Å²) in [5.41, 5.74) is 0. The molecule has 1 saturated carbocycles. The van der Waals surface area contributed by atoms with Gasteiger partial charge in [-0.2, -0.15) is 0 Å². The van der Waals surface area contributed by atoms with Crippen molar-refractivity contribution in [1.29, 1.82) is 0 Å². The van der Waals surface area contributed by atoms with Gasteiger partial charge in [0.15, 0.2) is 0 Å². The van der Waals surface area contributed by atoms with Crippen molar-refractivity contribution in [1.82, 2.24) is 16.0 Å². The number of ether oxygens (including phenoxy) is 5. The molecular weight excluding hydrogens is 470 g/mol. The SMILES string of the molecule is COC(C)=O.COCC(CCO)NC1C(O)C(NCC(=O)OC)C(OC)C(NCC(=O)O)C1OC. The molecule has 6 N–H and O–H groups in total. The summed E-state index contributed by atoms with van der Waals surface area (Å²) in [5.74, 6) is -1.83. The zero-order valence-electron chi connectivity index (χ0n) is 21.2. The van der Waals surface area contributed by atoms with Crippen LogP contribution in [0.15, 0.2) is 0 Å². The Hall–Kier alpha value is -1.91. The van der Waals surface area contributed by atoms with Crippen molar-refractivity contribution in [2.45, 2.75) is 55.8 Å². The highest BCUT2D eigenvalue weighted by atomic mass is 16.5. The Labute approximate surface area is 205 Å². The standard InChI is InChI=1S/C18H35N3O9.C3H6O2/c1-27-9-10(5-6-22)21-14-16(26)13(20-8-12(25)28-2)17(29-3)15(18(14)30-4)19-7-11(23)24;1-3(4)5-2/h10,13-22,26H,5-9H2,1-4H3,(H,23,24);1-2H3. The van der Waals surface area contributed by atoms with Crippen molar-refractivity contribution in [3.8, 4) is 0 Å². The number of hydrogen-bond donors (Lipinski definition) is 6. The van der Waals surface area contributed by atoms with Crippen LogP contribution in [0.3, 0.4) is 0 Å². The minimum Gasteiger partial charge on any atom is -0.480 e. The van der Waals surface area contributed by atoms with Gasteiger partial charge in [-0.25, -0.2) is 0 Å². The summed E-state index contributed by atoms with van der Waals surface area (Å²) in [6.45, 7) is 1.02. The Kier molecular flexibility index (Phi) is 17.4. The Morgan fingerprint density at radius 2 is 1.43 bits per heavy atom. The van der Waals surface area contributed by atoms with E-state index >= 15 is 0 Å². The topological polar surface area (TPSA) is 194 Å². The fraction of sp³-hybridized carbons (Fsp3) is 0.857. The second kappa shape index (κ2) is 18.4. The molecule has 0 amide bonds. The van der Waals surface area contributed by atoms with E-state index in [1.54, 1.807) is 0 Å². The average Bonchev–Trinajstić information content (AvgIpc) is 2.83. The molecule has 0 bridgehead atoms. The summed E-state index contributed by atoms with van der Waals surface area (Å²) in [7, 11) is 7.01. The first-order valence-electron chi connectivity index (χ1n) is 11.0. The zero-order valence-corrected chi connectivity index (χ0v) is 21.2. The zero-order chi connectivity index (χ0) is 27.0. The molecule has 0 aromatic carbocycles. The Balaban J connectivity index is 0.00000209. The van der Waals surface area contributed by atoms with Crippen molar-refractivity contribution in [2.75, 3.05) is 61.9 Å². The van der Waals surface area contributed by atoms with Crippen LogP contribution in [0.2, 0.25) is 0 Å². The Morgan fingerprint density at radius 1 is 0.886 bits per heavy atom. The summed E-state index contributed by atoms with van der Waals surface area (Å²) in [6, 6.07) is -2.36. The van der Waals surface area contributed by atoms with Crippen LogP contribution >= 0.6 is 0 Å². The van der Waals surface area contributed by atoms with Gasteiger partial charge in [-0.15, -0.1) is 0 Å². The number of carboxylic acid groups (broad SMARTS) is 1. The lowest BCUT2D eigenvalue weighted by atomic mass is 9.79. The number of esters is 2. The van der Waals surface area contributed by atoms with E-state index in [1.807, 2.05) is 0 Å². The predicted octanol–water partition coefficient (Wildman–Crippen LogP) is -2.90. The number of aliphatic carboxylic acids is 1. The quantitative estimate of drug-likeness (QED) is 0.130. The Morgan fingerprint density at radius 3 is 1.86 bits per heavy atom. The first-order valence-corrected chi connectivity index (χ1v) is 11.0. The van der Waals surface area contributed by atoms with Crippen LogP contribution in [0.25, 0.3) is 0 Å². The molecule has 7 unspecified atom stereocenters. The van der Waals surface area contributed by atoms with E-state index in [0.717, 1.165) is 0 Å². The van der Waals surface area contributed by atoms with E-state index in [2.05, 4.69) is 25.4 Å². The lowest BCUT2D eigenvalue weighted by molar-refractivity contribution is -0.144. The average molecular weight is 512 g/mol. The molecule has 0 aromatic heterocycles. The second-order valence-electron chi connectivity index (χ2n) is 7.73. The third-order valence-corrected chi connectivity index (χ3v) is 5.46. The van der Waals surface area contributed by atoms with Gasteiger partial charge in [0.1, 0.15) is 0 Å². The van der Waals surface area contributed by atoms with E-state index in [4.69, 9.17) is 19.3 Å². The van der Waals surface area contributed by atoms with Crippen LogP contribution in [0, 0.1) is 0 Å². The number of aliphatic hydroxyl groups excluding tert-OH is 2. The predicted molar refractivity (Wildman–Crippen MR) is 123 cm³/mol. The monoisotopic (exact) mass is 511 g/mol. The number of carboxylic acids is 1. The summed E-state index contributed by atoms with van der Waals surface area (Å²) in [5, 5.41) is 38.6. The van der Waals surface area contributed by atoms with Gasteiger partial charge in [0.2, 0.25) is 0 Å². The first kappa shape index (κ1) is 33.1. The minimum absolute atomic E-state index is 0.0904. The summed E-state index contributed by atoms with van der Waals surface area (Å²) < 4.78 is 25.1. The fourth-order valence-corrected chi connectivity index (χ4v) is 3.82. The molecule has 14 heteroatoms. The molecule has 1 aliphatic carbocycles. The molecule has 1 fully saturated rings. The highest BCUT2D eigenvalue weighted by molar-refractivity contribution is 5.71. The van der Waals surface area contributed by atoms with E-state index in [1.165, 1.54) is 42.5 Å². The molecule has 0 heterocycles. The van der Waals surface area contributed by atoms with Crippen LogP contribution in [0.5, 0.6) is 0 Å². The Bertz CT molecular complexity index is 619. The maximum absolute atomic E-state index is 11.6. The van der Waals surface area contributed by atoms with Gasteiger partial charge in [0, 0.05) is 40.9 Å². The van der Waals surface area contributed by atoms with Crippen molar-refractivity contribution in [3.05, 3.63) is 0 Å². The second-order valence-corrected chi connectivity index (χ2v) is 7.73. The largest absolute Gasteiger partial charge is 0.480 e. The van der Waals surface area contributed by atoms with Gasteiger partial charge in [-0.05, 0) is 6.42 Å².